The Morgan fingerprint density at radius 3 is 2.75 bits per heavy atom. The molecule has 0 bridgehead atoms. The molecule has 1 fully saturated rings. The van der Waals surface area contributed by atoms with Crippen LogP contribution >= 0.6 is 0 Å². The van der Waals surface area contributed by atoms with Crippen molar-refractivity contribution in [3.63, 3.8) is 0 Å². The van der Waals surface area contributed by atoms with Crippen LogP contribution in [-0.4, -0.2) is 29.7 Å². The van der Waals surface area contributed by atoms with Crippen molar-refractivity contribution in [1.82, 2.24) is 29.7 Å². The van der Waals surface area contributed by atoms with Gasteiger partial charge in [-0.3, -0.25) is 9.36 Å². The highest BCUT2D eigenvalue weighted by Gasteiger charge is 2.32. The van der Waals surface area contributed by atoms with Gasteiger partial charge in [-0.05, 0) is 37.8 Å². The Morgan fingerprint density at radius 2 is 2.06 bits per heavy atom. The van der Waals surface area contributed by atoms with Crippen LogP contribution in [0.25, 0.3) is 22.4 Å². The van der Waals surface area contributed by atoms with Gasteiger partial charge in [-0.15, -0.1) is 10.2 Å². The summed E-state index contributed by atoms with van der Waals surface area (Å²) in [5.41, 5.74) is 8.19. The molecule has 0 aliphatic heterocycles. The summed E-state index contributed by atoms with van der Waals surface area (Å²) in [7, 11) is 0. The molecule has 1 aromatic carbocycles. The van der Waals surface area contributed by atoms with E-state index in [0.717, 1.165) is 18.4 Å². The Kier molecular flexibility index (Phi) is 4.84. The molecule has 3 N–H and O–H groups in total. The van der Waals surface area contributed by atoms with Crippen molar-refractivity contribution in [2.45, 2.75) is 52.1 Å². The SMILES string of the molecule is CCC(Nc1ncnc(N)c1-c1nnc(C)o1)c1nc2cccc(C)c2c(=O)n1C1CC1. The fourth-order valence-electron chi connectivity index (χ4n) is 3.99. The molecule has 0 saturated heterocycles. The van der Waals surface area contributed by atoms with E-state index in [2.05, 4.69) is 25.5 Å². The third kappa shape index (κ3) is 3.37. The van der Waals surface area contributed by atoms with Crippen LogP contribution in [0.3, 0.4) is 0 Å². The van der Waals surface area contributed by atoms with Gasteiger partial charge in [0.2, 0.25) is 5.89 Å². The van der Waals surface area contributed by atoms with Crippen LogP contribution in [0.5, 0.6) is 0 Å². The number of rotatable bonds is 6. The molecule has 0 spiro atoms. The summed E-state index contributed by atoms with van der Waals surface area (Å²) in [4.78, 5) is 26.9. The quantitative estimate of drug-likeness (QED) is 0.470. The molecule has 1 aliphatic carbocycles. The first-order valence-corrected chi connectivity index (χ1v) is 10.7. The topological polar surface area (TPSA) is 138 Å². The molecular formula is C22H24N8O2. The first-order chi connectivity index (χ1) is 15.5. The standard InChI is InChI=1S/C22H24N8O2/c1-4-14(26-19-17(18(23)24-10-25-19)21-29-28-12(3)32-21)20-27-15-7-5-6-11(2)16(15)22(31)30(20)13-8-9-13/h5-7,10,13-14H,4,8-9H2,1-3H3,(H3,23,24,25,26). The van der Waals surface area contributed by atoms with Crippen LogP contribution in [0.1, 0.15) is 55.5 Å². The van der Waals surface area contributed by atoms with E-state index in [1.54, 1.807) is 6.92 Å². The number of aromatic nitrogens is 6. The zero-order valence-electron chi connectivity index (χ0n) is 18.2. The summed E-state index contributed by atoms with van der Waals surface area (Å²) >= 11 is 0. The van der Waals surface area contributed by atoms with Gasteiger partial charge in [0, 0.05) is 13.0 Å². The van der Waals surface area contributed by atoms with Crippen LogP contribution in [0.15, 0.2) is 33.7 Å². The van der Waals surface area contributed by atoms with Crippen LogP contribution in [0, 0.1) is 13.8 Å². The molecule has 32 heavy (non-hydrogen) atoms. The van der Waals surface area contributed by atoms with Gasteiger partial charge in [0.05, 0.1) is 16.9 Å². The summed E-state index contributed by atoms with van der Waals surface area (Å²) in [6.45, 7) is 5.68. The number of hydrogen-bond acceptors (Lipinski definition) is 9. The molecule has 1 saturated carbocycles. The second-order valence-corrected chi connectivity index (χ2v) is 8.06. The van der Waals surface area contributed by atoms with E-state index in [9.17, 15) is 4.79 Å². The predicted molar refractivity (Wildman–Crippen MR) is 120 cm³/mol. The van der Waals surface area contributed by atoms with E-state index in [-0.39, 0.29) is 29.4 Å². The van der Waals surface area contributed by atoms with Crippen LogP contribution < -0.4 is 16.6 Å². The molecule has 0 amide bonds. The number of nitrogens with two attached hydrogens (primary N) is 1. The molecule has 1 unspecified atom stereocenters. The Hall–Kier alpha value is -3.82. The number of nitrogens with one attached hydrogen (secondary N) is 1. The van der Waals surface area contributed by atoms with E-state index < -0.39 is 0 Å². The van der Waals surface area contributed by atoms with Crippen molar-refractivity contribution in [3.05, 3.63) is 52.2 Å². The second-order valence-electron chi connectivity index (χ2n) is 8.06. The van der Waals surface area contributed by atoms with E-state index in [4.69, 9.17) is 15.1 Å². The fourth-order valence-corrected chi connectivity index (χ4v) is 3.99. The van der Waals surface area contributed by atoms with Gasteiger partial charge in [0.15, 0.2) is 0 Å². The second kappa shape index (κ2) is 7.70. The minimum atomic E-state index is -0.287. The number of anilines is 2. The molecule has 0 radical (unpaired) electrons. The summed E-state index contributed by atoms with van der Waals surface area (Å²) in [6, 6.07) is 5.63. The average Bonchev–Trinajstić information content (AvgIpc) is 3.51. The normalized spacial score (nSPS) is 14.6. The number of nitrogens with zero attached hydrogens (tertiary/aromatic N) is 6. The number of fused-ring (bicyclic) bond motifs is 1. The molecule has 3 aromatic heterocycles. The molecule has 1 atom stereocenters. The molecule has 1 aliphatic rings. The smallest absolute Gasteiger partial charge is 0.261 e. The zero-order valence-corrected chi connectivity index (χ0v) is 18.2. The van der Waals surface area contributed by atoms with Crippen molar-refractivity contribution < 1.29 is 4.42 Å². The molecule has 5 rings (SSSR count). The van der Waals surface area contributed by atoms with Gasteiger partial charge in [0.25, 0.3) is 11.4 Å². The average molecular weight is 432 g/mol. The van der Waals surface area contributed by atoms with Crippen molar-refractivity contribution in [3.8, 4) is 11.5 Å². The Labute approximate surface area is 183 Å². The van der Waals surface area contributed by atoms with Crippen LogP contribution in [0.2, 0.25) is 0 Å². The maximum Gasteiger partial charge on any atom is 0.261 e. The van der Waals surface area contributed by atoms with Gasteiger partial charge in [-0.2, -0.15) is 0 Å². The Bertz CT molecular complexity index is 1370. The molecule has 164 valence electrons. The molecule has 10 heteroatoms. The summed E-state index contributed by atoms with van der Waals surface area (Å²) in [5.74, 6) is 2.01. The molecule has 4 aromatic rings. The van der Waals surface area contributed by atoms with Gasteiger partial charge < -0.3 is 15.5 Å². The van der Waals surface area contributed by atoms with E-state index in [0.29, 0.717) is 40.4 Å². The number of benzene rings is 1. The van der Waals surface area contributed by atoms with Crippen molar-refractivity contribution >= 4 is 22.5 Å². The highest BCUT2D eigenvalue weighted by Crippen LogP contribution is 2.38. The lowest BCUT2D eigenvalue weighted by Gasteiger charge is -2.23. The van der Waals surface area contributed by atoms with E-state index in [1.165, 1.54) is 6.33 Å². The molecule has 3 heterocycles. The van der Waals surface area contributed by atoms with Gasteiger partial charge in [-0.1, -0.05) is 19.1 Å². The Balaban J connectivity index is 1.64. The third-order valence-corrected chi connectivity index (χ3v) is 5.72. The number of aryl methyl sites for hydroxylation is 2. The van der Waals surface area contributed by atoms with Gasteiger partial charge >= 0.3 is 0 Å². The lowest BCUT2D eigenvalue weighted by Crippen LogP contribution is -2.29. The largest absolute Gasteiger partial charge is 0.421 e. The predicted octanol–water partition coefficient (Wildman–Crippen LogP) is 3.33. The van der Waals surface area contributed by atoms with Crippen molar-refractivity contribution in [2.24, 2.45) is 0 Å². The summed E-state index contributed by atoms with van der Waals surface area (Å²) < 4.78 is 7.43. The first-order valence-electron chi connectivity index (χ1n) is 10.7. The number of hydrogen-bond donors (Lipinski definition) is 2. The fraction of sp³-hybridized carbons (Fsp3) is 0.364. The zero-order chi connectivity index (χ0) is 22.4. The van der Waals surface area contributed by atoms with Gasteiger partial charge in [-0.25, -0.2) is 15.0 Å². The maximum atomic E-state index is 13.5. The van der Waals surface area contributed by atoms with E-state index >= 15 is 0 Å². The first kappa shape index (κ1) is 20.1. The van der Waals surface area contributed by atoms with Gasteiger partial charge in [0.1, 0.15) is 29.4 Å². The highest BCUT2D eigenvalue weighted by atomic mass is 16.4. The van der Waals surface area contributed by atoms with E-state index in [1.807, 2.05) is 36.6 Å². The minimum absolute atomic E-state index is 0.000742. The summed E-state index contributed by atoms with van der Waals surface area (Å²) in [6.07, 6.45) is 3.98. The monoisotopic (exact) mass is 432 g/mol. The van der Waals surface area contributed by atoms with Crippen LogP contribution in [0.4, 0.5) is 11.6 Å². The highest BCUT2D eigenvalue weighted by molar-refractivity contribution is 5.81. The lowest BCUT2D eigenvalue weighted by atomic mass is 10.1. The van der Waals surface area contributed by atoms with Crippen molar-refractivity contribution in [1.29, 1.82) is 0 Å². The number of nitrogen functional groups attached to an aromatic ring is 1. The van der Waals surface area contributed by atoms with Crippen LogP contribution in [-0.2, 0) is 0 Å². The Morgan fingerprint density at radius 1 is 1.25 bits per heavy atom. The molecule has 10 nitrogen and oxygen atoms in total. The summed E-state index contributed by atoms with van der Waals surface area (Å²) in [5, 5.41) is 12.0. The maximum absolute atomic E-state index is 13.5. The lowest BCUT2D eigenvalue weighted by molar-refractivity contribution is 0.532. The minimum Gasteiger partial charge on any atom is -0.421 e. The third-order valence-electron chi connectivity index (χ3n) is 5.72. The molecular weight excluding hydrogens is 408 g/mol. The van der Waals surface area contributed by atoms with Crippen molar-refractivity contribution in [2.75, 3.05) is 11.1 Å².